The van der Waals surface area contributed by atoms with Crippen LogP contribution in [0.3, 0.4) is 0 Å². The predicted octanol–water partition coefficient (Wildman–Crippen LogP) is 5.41. The number of fused-ring (bicyclic) bond motifs is 4. The Morgan fingerprint density at radius 2 is 1.73 bits per heavy atom. The Kier molecular flexibility index (Phi) is 5.13. The second kappa shape index (κ2) is 7.89. The highest BCUT2D eigenvalue weighted by Gasteiger charge is 2.59. The minimum Gasteiger partial charge on any atom is -0.467 e. The topological polar surface area (TPSA) is 53.6 Å². The Bertz CT molecular complexity index is 1260. The average Bonchev–Trinajstić information content (AvgIpc) is 2.76. The summed E-state index contributed by atoms with van der Waals surface area (Å²) in [5.74, 6) is 0.0940. The number of aryl methyl sites for hydroxylation is 3. The number of thiocarbonyl (C=S) groups is 1. The molecular weight excluding hydrogens is 430 g/mol. The molecular formula is C27H27N3O2S. The summed E-state index contributed by atoms with van der Waals surface area (Å²) in [6, 6.07) is 21.6. The van der Waals surface area contributed by atoms with Gasteiger partial charge < -0.3 is 15.4 Å². The molecule has 2 aliphatic heterocycles. The number of benzene rings is 3. The molecule has 5 nitrogen and oxygen atoms in total. The van der Waals surface area contributed by atoms with Crippen molar-refractivity contribution in [3.8, 4) is 5.75 Å². The number of nitrogens with one attached hydrogen (secondary N) is 2. The van der Waals surface area contributed by atoms with Crippen LogP contribution in [0.4, 0.5) is 11.4 Å². The van der Waals surface area contributed by atoms with Gasteiger partial charge in [0.2, 0.25) is 5.91 Å². The van der Waals surface area contributed by atoms with E-state index in [1.807, 2.05) is 87.2 Å². The van der Waals surface area contributed by atoms with Crippen molar-refractivity contribution >= 4 is 34.6 Å². The fraction of sp³-hybridized carbons (Fsp3) is 0.259. The maximum absolute atomic E-state index is 13.9. The summed E-state index contributed by atoms with van der Waals surface area (Å²) in [6.45, 7) is 8.04. The van der Waals surface area contributed by atoms with E-state index in [9.17, 15) is 4.79 Å². The second-order valence-corrected chi connectivity index (χ2v) is 9.47. The molecule has 0 unspecified atom stereocenters. The van der Waals surface area contributed by atoms with Gasteiger partial charge in [-0.15, -0.1) is 0 Å². The molecule has 2 N–H and O–H groups in total. The number of amides is 1. The van der Waals surface area contributed by atoms with Crippen molar-refractivity contribution < 1.29 is 9.53 Å². The van der Waals surface area contributed by atoms with E-state index in [1.54, 1.807) is 0 Å². The van der Waals surface area contributed by atoms with Crippen LogP contribution in [-0.2, 0) is 4.79 Å². The highest BCUT2D eigenvalue weighted by molar-refractivity contribution is 7.80. The summed E-state index contributed by atoms with van der Waals surface area (Å²) in [7, 11) is 0. The van der Waals surface area contributed by atoms with E-state index in [4.69, 9.17) is 17.0 Å². The van der Waals surface area contributed by atoms with Crippen LogP contribution < -0.4 is 20.3 Å². The van der Waals surface area contributed by atoms with Gasteiger partial charge in [-0.2, -0.15) is 0 Å². The Morgan fingerprint density at radius 1 is 1.03 bits per heavy atom. The van der Waals surface area contributed by atoms with Gasteiger partial charge in [0.25, 0.3) is 0 Å². The molecule has 3 aromatic rings. The first kappa shape index (κ1) is 21.5. The van der Waals surface area contributed by atoms with Crippen LogP contribution in [0.5, 0.6) is 5.75 Å². The van der Waals surface area contributed by atoms with Gasteiger partial charge in [-0.25, -0.2) is 0 Å². The van der Waals surface area contributed by atoms with Crippen LogP contribution in [0, 0.1) is 26.7 Å². The normalized spacial score (nSPS) is 23.3. The molecule has 1 saturated heterocycles. The molecule has 3 atom stereocenters. The van der Waals surface area contributed by atoms with Crippen LogP contribution >= 0.6 is 12.2 Å². The van der Waals surface area contributed by atoms with Crippen molar-refractivity contribution in [1.29, 1.82) is 0 Å². The van der Waals surface area contributed by atoms with Gasteiger partial charge >= 0.3 is 0 Å². The Morgan fingerprint density at radius 3 is 2.45 bits per heavy atom. The summed E-state index contributed by atoms with van der Waals surface area (Å²) >= 11 is 5.80. The molecule has 1 amide bonds. The number of para-hydroxylation sites is 1. The molecule has 6 heteroatoms. The molecule has 3 aromatic carbocycles. The van der Waals surface area contributed by atoms with E-state index in [2.05, 4.69) is 22.8 Å². The monoisotopic (exact) mass is 457 g/mol. The maximum Gasteiger partial charge on any atom is 0.236 e. The van der Waals surface area contributed by atoms with Crippen molar-refractivity contribution in [3.63, 3.8) is 0 Å². The summed E-state index contributed by atoms with van der Waals surface area (Å²) in [6.07, 6.45) is 0. The molecule has 5 rings (SSSR count). The SMILES string of the molecule is Cc1ccc(NC(=O)[C@H]2[C@@H]3NC(=S)N(c4ccccc4)[C@@]2(C)Oc2ccc(C)cc23)c(C)c1. The quantitative estimate of drug-likeness (QED) is 0.515. The van der Waals surface area contributed by atoms with E-state index in [1.165, 1.54) is 0 Å². The molecule has 0 spiro atoms. The lowest BCUT2D eigenvalue weighted by molar-refractivity contribution is -0.130. The molecule has 168 valence electrons. The number of hydrogen-bond acceptors (Lipinski definition) is 3. The summed E-state index contributed by atoms with van der Waals surface area (Å²) < 4.78 is 6.64. The van der Waals surface area contributed by atoms with E-state index in [-0.39, 0.29) is 11.9 Å². The minimum absolute atomic E-state index is 0.113. The van der Waals surface area contributed by atoms with Crippen molar-refractivity contribution in [2.24, 2.45) is 5.92 Å². The number of carbonyl (C=O) groups is 1. The van der Waals surface area contributed by atoms with E-state index >= 15 is 0 Å². The van der Waals surface area contributed by atoms with Crippen LogP contribution in [0.2, 0.25) is 0 Å². The number of hydrogen-bond donors (Lipinski definition) is 2. The number of anilines is 2. The molecule has 1 fully saturated rings. The van der Waals surface area contributed by atoms with Crippen LogP contribution in [0.25, 0.3) is 0 Å². The Balaban J connectivity index is 1.63. The van der Waals surface area contributed by atoms with Gasteiger partial charge in [0, 0.05) is 16.9 Å². The molecule has 33 heavy (non-hydrogen) atoms. The number of carbonyl (C=O) groups excluding carboxylic acids is 1. The third kappa shape index (κ3) is 3.55. The van der Waals surface area contributed by atoms with Gasteiger partial charge in [0.1, 0.15) is 11.7 Å². The largest absolute Gasteiger partial charge is 0.467 e. The smallest absolute Gasteiger partial charge is 0.236 e. The van der Waals surface area contributed by atoms with E-state index in [0.717, 1.165) is 39.4 Å². The fourth-order valence-electron chi connectivity index (χ4n) is 5.03. The highest BCUT2D eigenvalue weighted by atomic mass is 32.1. The standard InChI is InChI=1S/C27H27N3O2S/c1-16-10-12-21(18(3)14-16)28-25(31)23-24-20-15-17(2)11-13-22(20)32-27(23,4)30(26(33)29-24)19-8-6-5-7-9-19/h5-15,23-24H,1-4H3,(H,28,31)(H,29,33)/t23-,24-,27+/m1/s1. The lowest BCUT2D eigenvalue weighted by Crippen LogP contribution is -2.72. The Labute approximate surface area is 199 Å². The number of rotatable bonds is 3. The van der Waals surface area contributed by atoms with Crippen LogP contribution in [-0.4, -0.2) is 16.7 Å². The lowest BCUT2D eigenvalue weighted by atomic mass is 9.78. The predicted molar refractivity (Wildman–Crippen MR) is 136 cm³/mol. The zero-order valence-corrected chi connectivity index (χ0v) is 20.0. The van der Waals surface area contributed by atoms with Crippen molar-refractivity contribution in [2.75, 3.05) is 10.2 Å². The fourth-order valence-corrected chi connectivity index (χ4v) is 5.45. The lowest BCUT2D eigenvalue weighted by Gasteiger charge is -2.56. The van der Waals surface area contributed by atoms with Crippen molar-refractivity contribution in [1.82, 2.24) is 5.32 Å². The zero-order valence-electron chi connectivity index (χ0n) is 19.2. The molecule has 2 bridgehead atoms. The van der Waals surface area contributed by atoms with Gasteiger partial charge in [-0.1, -0.05) is 53.6 Å². The summed E-state index contributed by atoms with van der Waals surface area (Å²) in [4.78, 5) is 15.8. The first-order valence-corrected chi connectivity index (χ1v) is 11.5. The van der Waals surface area contributed by atoms with Crippen molar-refractivity contribution in [2.45, 2.75) is 39.5 Å². The molecule has 2 heterocycles. The third-order valence-electron chi connectivity index (χ3n) is 6.59. The molecule has 0 aromatic heterocycles. The first-order valence-electron chi connectivity index (χ1n) is 11.1. The van der Waals surface area contributed by atoms with E-state index < -0.39 is 11.6 Å². The van der Waals surface area contributed by atoms with Gasteiger partial charge in [-0.05, 0) is 69.7 Å². The summed E-state index contributed by atoms with van der Waals surface area (Å²) in [5, 5.41) is 7.16. The van der Waals surface area contributed by atoms with Crippen LogP contribution in [0.15, 0.2) is 66.7 Å². The third-order valence-corrected chi connectivity index (χ3v) is 6.89. The number of ether oxygens (including phenoxy) is 1. The van der Waals surface area contributed by atoms with E-state index in [0.29, 0.717) is 5.11 Å². The molecule has 0 aliphatic carbocycles. The van der Waals surface area contributed by atoms with Gasteiger partial charge in [0.15, 0.2) is 10.8 Å². The minimum atomic E-state index is -1.01. The summed E-state index contributed by atoms with van der Waals surface area (Å²) in [5.41, 5.74) is 4.89. The van der Waals surface area contributed by atoms with Crippen LogP contribution in [0.1, 0.15) is 35.2 Å². The number of nitrogens with zero attached hydrogens (tertiary/aromatic N) is 1. The van der Waals surface area contributed by atoms with Gasteiger partial charge in [0.05, 0.1) is 6.04 Å². The van der Waals surface area contributed by atoms with Gasteiger partial charge in [-0.3, -0.25) is 9.69 Å². The Hall–Kier alpha value is -3.38. The zero-order chi connectivity index (χ0) is 23.3. The molecule has 0 radical (unpaired) electrons. The first-order chi connectivity index (χ1) is 15.8. The molecule has 0 saturated carbocycles. The maximum atomic E-state index is 13.9. The van der Waals surface area contributed by atoms with Crippen molar-refractivity contribution in [3.05, 3.63) is 89.0 Å². The molecule has 2 aliphatic rings. The second-order valence-electron chi connectivity index (χ2n) is 9.08. The average molecular weight is 458 g/mol. The highest BCUT2D eigenvalue weighted by Crippen LogP contribution is 2.50.